The Morgan fingerprint density at radius 1 is 0.941 bits per heavy atom. The van der Waals surface area contributed by atoms with Gasteiger partial charge in [-0.25, -0.2) is 9.59 Å². The van der Waals surface area contributed by atoms with Crippen LogP contribution in [0.2, 0.25) is 0 Å². The number of hydrogen-bond donors (Lipinski definition) is 0. The number of rotatable bonds is 0. The van der Waals surface area contributed by atoms with Gasteiger partial charge in [-0.1, -0.05) is 23.5 Å². The van der Waals surface area contributed by atoms with Crippen LogP contribution in [0.1, 0.15) is 27.7 Å². The maximum absolute atomic E-state index is 11.8. The lowest BCUT2D eigenvalue weighted by Gasteiger charge is -2.30. The third-order valence-electron chi connectivity index (χ3n) is 2.28. The van der Waals surface area contributed by atoms with Crippen molar-refractivity contribution in [3.63, 3.8) is 0 Å². The zero-order valence-electron chi connectivity index (χ0n) is 9.95. The smallest absolute Gasteiger partial charge is 0.350 e. The lowest BCUT2D eigenvalue weighted by molar-refractivity contribution is -0.222. The zero-order chi connectivity index (χ0) is 12.8. The molecule has 0 saturated carbocycles. The van der Waals surface area contributed by atoms with Crippen LogP contribution < -0.4 is 0 Å². The SMILES string of the molecule is CC1=C(C)SC(=C2C(=O)OC(C)(C)OC2=O)S1. The first-order valence-corrected chi connectivity index (χ1v) is 6.67. The third-order valence-corrected chi connectivity index (χ3v) is 4.91. The molecule has 0 bridgehead atoms. The van der Waals surface area contributed by atoms with Crippen LogP contribution >= 0.6 is 23.5 Å². The van der Waals surface area contributed by atoms with Gasteiger partial charge in [-0.15, -0.1) is 0 Å². The standard InChI is InChI=1S/C11H12O4S2/c1-5-6(2)17-10(16-5)7-8(12)14-11(3,4)15-9(7)13/h1-4H3. The van der Waals surface area contributed by atoms with E-state index in [1.54, 1.807) is 0 Å². The van der Waals surface area contributed by atoms with Gasteiger partial charge in [-0.2, -0.15) is 0 Å². The second kappa shape index (κ2) is 4.10. The second-order valence-electron chi connectivity index (χ2n) is 4.16. The van der Waals surface area contributed by atoms with Gasteiger partial charge < -0.3 is 9.47 Å². The minimum absolute atomic E-state index is 0.00975. The lowest BCUT2D eigenvalue weighted by atomic mass is 10.2. The summed E-state index contributed by atoms with van der Waals surface area (Å²) >= 11 is 2.82. The second-order valence-corrected chi connectivity index (χ2v) is 6.87. The Hall–Kier alpha value is -0.880. The van der Waals surface area contributed by atoms with Gasteiger partial charge in [0, 0.05) is 13.8 Å². The van der Waals surface area contributed by atoms with Crippen LogP contribution in [0.5, 0.6) is 0 Å². The van der Waals surface area contributed by atoms with Crippen molar-refractivity contribution in [2.45, 2.75) is 33.5 Å². The predicted octanol–water partition coefficient (Wildman–Crippen LogP) is 2.77. The van der Waals surface area contributed by atoms with Gasteiger partial charge in [-0.3, -0.25) is 0 Å². The quantitative estimate of drug-likeness (QED) is 0.384. The molecule has 0 atom stereocenters. The molecule has 0 spiro atoms. The van der Waals surface area contributed by atoms with Crippen LogP contribution in [-0.4, -0.2) is 17.7 Å². The molecule has 0 radical (unpaired) electrons. The molecule has 0 aromatic rings. The summed E-state index contributed by atoms with van der Waals surface area (Å²) in [5, 5.41) is 0. The van der Waals surface area contributed by atoms with E-state index in [4.69, 9.17) is 9.47 Å². The van der Waals surface area contributed by atoms with Crippen LogP contribution in [0.4, 0.5) is 0 Å². The topological polar surface area (TPSA) is 52.6 Å². The summed E-state index contributed by atoms with van der Waals surface area (Å²) in [5.74, 6) is -2.39. The summed E-state index contributed by atoms with van der Waals surface area (Å²) in [6, 6.07) is 0. The van der Waals surface area contributed by atoms with Gasteiger partial charge >= 0.3 is 11.9 Å². The summed E-state index contributed by atoms with van der Waals surface area (Å²) in [7, 11) is 0. The minimum Gasteiger partial charge on any atom is -0.419 e. The van der Waals surface area contributed by atoms with E-state index in [9.17, 15) is 9.59 Å². The predicted molar refractivity (Wildman–Crippen MR) is 66.8 cm³/mol. The number of carbonyl (C=O) groups excluding carboxylic acids is 2. The molecule has 2 rings (SSSR count). The first-order chi connectivity index (χ1) is 7.80. The molecule has 0 amide bonds. The Morgan fingerprint density at radius 3 is 1.76 bits per heavy atom. The molecular weight excluding hydrogens is 260 g/mol. The number of thioether (sulfide) groups is 2. The highest BCUT2D eigenvalue weighted by molar-refractivity contribution is 8.28. The van der Waals surface area contributed by atoms with E-state index in [1.165, 1.54) is 37.4 Å². The number of esters is 2. The normalized spacial score (nSPS) is 24.0. The summed E-state index contributed by atoms with van der Waals surface area (Å²) in [4.78, 5) is 25.8. The van der Waals surface area contributed by atoms with E-state index in [-0.39, 0.29) is 5.57 Å². The highest BCUT2D eigenvalue weighted by atomic mass is 32.2. The molecule has 2 aliphatic heterocycles. The van der Waals surface area contributed by atoms with E-state index < -0.39 is 17.7 Å². The molecule has 2 aliphatic rings. The molecule has 0 aliphatic carbocycles. The molecule has 92 valence electrons. The van der Waals surface area contributed by atoms with Crippen molar-refractivity contribution in [3.8, 4) is 0 Å². The van der Waals surface area contributed by atoms with Gasteiger partial charge in [0.25, 0.3) is 5.79 Å². The number of ether oxygens (including phenoxy) is 2. The lowest BCUT2D eigenvalue weighted by Crippen LogP contribution is -2.42. The highest BCUT2D eigenvalue weighted by Gasteiger charge is 2.42. The first kappa shape index (κ1) is 12.6. The van der Waals surface area contributed by atoms with Gasteiger partial charge in [0.1, 0.15) is 0 Å². The maximum Gasteiger partial charge on any atom is 0.350 e. The summed E-state index contributed by atoms with van der Waals surface area (Å²) in [5.41, 5.74) is 0.00975. The molecule has 1 saturated heterocycles. The van der Waals surface area contributed by atoms with E-state index in [1.807, 2.05) is 13.8 Å². The summed E-state index contributed by atoms with van der Waals surface area (Å²) < 4.78 is 10.8. The zero-order valence-corrected chi connectivity index (χ0v) is 11.6. The Morgan fingerprint density at radius 2 is 1.35 bits per heavy atom. The van der Waals surface area contributed by atoms with Crippen LogP contribution in [0, 0.1) is 0 Å². The minimum atomic E-state index is -1.18. The molecule has 4 nitrogen and oxygen atoms in total. The molecule has 17 heavy (non-hydrogen) atoms. The van der Waals surface area contributed by atoms with Crippen molar-refractivity contribution >= 4 is 35.5 Å². The highest BCUT2D eigenvalue weighted by Crippen LogP contribution is 2.50. The van der Waals surface area contributed by atoms with Crippen LogP contribution in [0.3, 0.4) is 0 Å². The molecule has 2 heterocycles. The molecule has 0 unspecified atom stereocenters. The molecule has 0 N–H and O–H groups in total. The Kier molecular flexibility index (Phi) is 3.03. The number of carbonyl (C=O) groups is 2. The van der Waals surface area contributed by atoms with Crippen LogP contribution in [0.15, 0.2) is 19.6 Å². The average Bonchev–Trinajstić information content (AvgIpc) is 2.42. The largest absolute Gasteiger partial charge is 0.419 e. The fourth-order valence-corrected chi connectivity index (χ4v) is 3.91. The first-order valence-electron chi connectivity index (χ1n) is 5.04. The van der Waals surface area contributed by atoms with Gasteiger partial charge in [0.15, 0.2) is 5.57 Å². The van der Waals surface area contributed by atoms with E-state index in [0.29, 0.717) is 4.24 Å². The van der Waals surface area contributed by atoms with Crippen molar-refractivity contribution in [2.24, 2.45) is 0 Å². The van der Waals surface area contributed by atoms with Crippen molar-refractivity contribution in [3.05, 3.63) is 19.6 Å². The summed E-state index contributed by atoms with van der Waals surface area (Å²) in [6.07, 6.45) is 0. The average molecular weight is 272 g/mol. The monoisotopic (exact) mass is 272 g/mol. The molecule has 0 aromatic carbocycles. The molecule has 0 aromatic heterocycles. The van der Waals surface area contributed by atoms with Crippen molar-refractivity contribution in [1.82, 2.24) is 0 Å². The van der Waals surface area contributed by atoms with Gasteiger partial charge in [-0.05, 0) is 23.7 Å². The molecule has 6 heteroatoms. The Bertz CT molecular complexity index is 436. The van der Waals surface area contributed by atoms with E-state index in [2.05, 4.69) is 0 Å². The fourth-order valence-electron chi connectivity index (χ4n) is 1.36. The van der Waals surface area contributed by atoms with Crippen LogP contribution in [0.25, 0.3) is 0 Å². The maximum atomic E-state index is 11.8. The number of cyclic esters (lactones) is 2. The Labute approximate surface area is 108 Å². The van der Waals surface area contributed by atoms with Crippen molar-refractivity contribution < 1.29 is 19.1 Å². The molecule has 1 fully saturated rings. The Balaban J connectivity index is 2.33. The van der Waals surface area contributed by atoms with E-state index >= 15 is 0 Å². The summed E-state index contributed by atoms with van der Waals surface area (Å²) in [6.45, 7) is 6.97. The third kappa shape index (κ3) is 2.37. The van der Waals surface area contributed by atoms with E-state index in [0.717, 1.165) is 9.81 Å². The van der Waals surface area contributed by atoms with Crippen LogP contribution in [-0.2, 0) is 19.1 Å². The van der Waals surface area contributed by atoms with Crippen molar-refractivity contribution in [2.75, 3.05) is 0 Å². The molecular formula is C11H12O4S2. The van der Waals surface area contributed by atoms with Gasteiger partial charge in [0.05, 0.1) is 4.24 Å². The fraction of sp³-hybridized carbons (Fsp3) is 0.455. The van der Waals surface area contributed by atoms with Crippen molar-refractivity contribution in [1.29, 1.82) is 0 Å². The number of allylic oxidation sites excluding steroid dienone is 2. The number of hydrogen-bond acceptors (Lipinski definition) is 6. The van der Waals surface area contributed by atoms with Gasteiger partial charge in [0.2, 0.25) is 0 Å².